The minimum Gasteiger partial charge on any atom is -0.477 e. The number of anilines is 1. The van der Waals surface area contributed by atoms with Crippen LogP contribution in [-0.2, 0) is 11.2 Å². The van der Waals surface area contributed by atoms with E-state index in [-0.39, 0.29) is 28.5 Å². The van der Waals surface area contributed by atoms with E-state index in [0.717, 1.165) is 24.4 Å². The smallest absolute Gasteiger partial charge is 0.352 e. The molecule has 11 nitrogen and oxygen atoms in total. The molecule has 1 aliphatic heterocycles. The van der Waals surface area contributed by atoms with Crippen LogP contribution >= 0.6 is 11.3 Å². The number of H-pyrrole nitrogens is 1. The predicted octanol–water partition coefficient (Wildman–Crippen LogP) is 2.21. The van der Waals surface area contributed by atoms with Gasteiger partial charge in [0.15, 0.2) is 5.13 Å². The maximum Gasteiger partial charge on any atom is 0.352 e. The molecule has 3 aromatic rings. The van der Waals surface area contributed by atoms with Gasteiger partial charge in [0.1, 0.15) is 11.4 Å². The number of aryl methyl sites for hydroxylation is 1. The second-order valence-corrected chi connectivity index (χ2v) is 9.46. The molecule has 0 spiro atoms. The number of nitrogens with two attached hydrogens (primary N) is 1. The third kappa shape index (κ3) is 5.30. The lowest BCUT2D eigenvalue weighted by Gasteiger charge is -2.31. The van der Waals surface area contributed by atoms with E-state index < -0.39 is 17.8 Å². The number of amides is 3. The van der Waals surface area contributed by atoms with E-state index in [2.05, 4.69) is 20.6 Å². The number of carbonyl (C=O) groups is 4. The number of fused-ring (bicyclic) bond motifs is 1. The number of imide groups is 1. The first kappa shape index (κ1) is 25.5. The SMILES string of the molecule is CC(=O)N(C(=O)c1csc(NC(=O)c2ccc3[nH]c(C(=O)O)c(CCCN)c3c2)n1)C1CCNCC1. The molecule has 0 saturated carbocycles. The molecule has 36 heavy (non-hydrogen) atoms. The normalized spacial score (nSPS) is 14.1. The number of carboxylic acids is 1. The van der Waals surface area contributed by atoms with Crippen molar-refractivity contribution in [1.82, 2.24) is 20.2 Å². The van der Waals surface area contributed by atoms with Gasteiger partial charge in [-0.25, -0.2) is 9.78 Å². The quantitative estimate of drug-likeness (QED) is 0.306. The molecule has 0 bridgehead atoms. The summed E-state index contributed by atoms with van der Waals surface area (Å²) in [5, 5.41) is 17.8. The van der Waals surface area contributed by atoms with Crippen LogP contribution in [0.2, 0.25) is 0 Å². The van der Waals surface area contributed by atoms with Crippen LogP contribution < -0.4 is 16.4 Å². The van der Waals surface area contributed by atoms with E-state index in [1.165, 1.54) is 17.2 Å². The van der Waals surface area contributed by atoms with Gasteiger partial charge in [-0.05, 0) is 69.1 Å². The van der Waals surface area contributed by atoms with Gasteiger partial charge in [0.25, 0.3) is 11.8 Å². The van der Waals surface area contributed by atoms with E-state index in [1.807, 2.05) is 0 Å². The van der Waals surface area contributed by atoms with Crippen LogP contribution in [0.5, 0.6) is 0 Å². The summed E-state index contributed by atoms with van der Waals surface area (Å²) in [6, 6.07) is 4.69. The number of carbonyl (C=O) groups excluding carboxylic acids is 3. The summed E-state index contributed by atoms with van der Waals surface area (Å²) in [5.74, 6) is -2.34. The van der Waals surface area contributed by atoms with E-state index in [9.17, 15) is 24.3 Å². The Hall–Kier alpha value is -3.61. The molecule has 1 fully saturated rings. The van der Waals surface area contributed by atoms with Crippen molar-refractivity contribution in [3.05, 3.63) is 46.1 Å². The van der Waals surface area contributed by atoms with E-state index in [1.54, 1.807) is 18.2 Å². The van der Waals surface area contributed by atoms with Crippen molar-refractivity contribution in [3.63, 3.8) is 0 Å². The summed E-state index contributed by atoms with van der Waals surface area (Å²) in [6.45, 7) is 3.24. The average molecular weight is 513 g/mol. The Morgan fingerprint density at radius 1 is 1.25 bits per heavy atom. The highest BCUT2D eigenvalue weighted by atomic mass is 32.1. The number of aromatic amines is 1. The van der Waals surface area contributed by atoms with Crippen molar-refractivity contribution in [3.8, 4) is 0 Å². The molecular formula is C24H28N6O5S. The molecule has 0 atom stereocenters. The summed E-state index contributed by atoms with van der Waals surface area (Å²) in [5.41, 5.74) is 7.31. The fraction of sp³-hybridized carbons (Fsp3) is 0.375. The molecule has 12 heteroatoms. The molecule has 1 aliphatic rings. The maximum atomic E-state index is 13.0. The van der Waals surface area contributed by atoms with Gasteiger partial charge in [-0.1, -0.05) is 0 Å². The van der Waals surface area contributed by atoms with Crippen LogP contribution in [0.3, 0.4) is 0 Å². The number of aromatic nitrogens is 2. The fourth-order valence-corrected chi connectivity index (χ4v) is 5.14. The molecule has 190 valence electrons. The number of aromatic carboxylic acids is 1. The van der Waals surface area contributed by atoms with Crippen molar-refractivity contribution in [2.45, 2.75) is 38.6 Å². The van der Waals surface area contributed by atoms with E-state index >= 15 is 0 Å². The van der Waals surface area contributed by atoms with Crippen LogP contribution in [0.1, 0.15) is 63.1 Å². The van der Waals surface area contributed by atoms with Gasteiger partial charge in [-0.3, -0.25) is 24.6 Å². The Morgan fingerprint density at radius 2 is 2.00 bits per heavy atom. The highest BCUT2D eigenvalue weighted by Gasteiger charge is 2.31. The molecule has 4 rings (SSSR count). The van der Waals surface area contributed by atoms with Crippen molar-refractivity contribution in [2.24, 2.45) is 5.73 Å². The molecule has 3 amide bonds. The monoisotopic (exact) mass is 512 g/mol. The molecule has 1 aromatic carbocycles. The number of carboxylic acid groups (broad SMARTS) is 1. The van der Waals surface area contributed by atoms with Crippen LogP contribution in [0.15, 0.2) is 23.6 Å². The van der Waals surface area contributed by atoms with Gasteiger partial charge in [0, 0.05) is 34.8 Å². The molecule has 0 aliphatic carbocycles. The maximum absolute atomic E-state index is 13.0. The first-order chi connectivity index (χ1) is 17.3. The third-order valence-electron chi connectivity index (χ3n) is 6.19. The number of piperidine rings is 1. The third-order valence-corrected chi connectivity index (χ3v) is 6.95. The molecule has 0 unspecified atom stereocenters. The first-order valence-corrected chi connectivity index (χ1v) is 12.6. The minimum atomic E-state index is -1.08. The predicted molar refractivity (Wildman–Crippen MR) is 135 cm³/mol. The van der Waals surface area contributed by atoms with Crippen molar-refractivity contribution in [2.75, 3.05) is 25.0 Å². The van der Waals surface area contributed by atoms with Crippen LogP contribution in [0.4, 0.5) is 5.13 Å². The Kier molecular flexibility index (Phi) is 7.77. The Bertz CT molecular complexity index is 1310. The van der Waals surface area contributed by atoms with Crippen LogP contribution in [-0.4, -0.2) is 69.3 Å². The molecule has 2 aromatic heterocycles. The van der Waals surface area contributed by atoms with Crippen molar-refractivity contribution in [1.29, 1.82) is 0 Å². The molecule has 6 N–H and O–H groups in total. The van der Waals surface area contributed by atoms with Crippen LogP contribution in [0, 0.1) is 0 Å². The highest BCUT2D eigenvalue weighted by Crippen LogP contribution is 2.26. The summed E-state index contributed by atoms with van der Waals surface area (Å²) in [4.78, 5) is 58.3. The second kappa shape index (κ2) is 11.0. The number of rotatable bonds is 8. The highest BCUT2D eigenvalue weighted by molar-refractivity contribution is 7.14. The first-order valence-electron chi connectivity index (χ1n) is 11.7. The fourth-order valence-electron chi connectivity index (χ4n) is 4.46. The van der Waals surface area contributed by atoms with Gasteiger partial charge >= 0.3 is 5.97 Å². The summed E-state index contributed by atoms with van der Waals surface area (Å²) < 4.78 is 0. The van der Waals surface area contributed by atoms with Gasteiger partial charge in [0.05, 0.1) is 0 Å². The number of hydrogen-bond donors (Lipinski definition) is 5. The summed E-state index contributed by atoms with van der Waals surface area (Å²) in [6.07, 6.45) is 2.42. The minimum absolute atomic E-state index is 0.0860. The number of benzene rings is 1. The number of nitrogens with one attached hydrogen (secondary N) is 3. The molecule has 1 saturated heterocycles. The van der Waals surface area contributed by atoms with Gasteiger partial charge in [0.2, 0.25) is 5.91 Å². The van der Waals surface area contributed by atoms with Crippen molar-refractivity contribution < 1.29 is 24.3 Å². The second-order valence-electron chi connectivity index (χ2n) is 8.60. The zero-order valence-corrected chi connectivity index (χ0v) is 20.6. The molecular weight excluding hydrogens is 484 g/mol. The average Bonchev–Trinajstić information content (AvgIpc) is 3.47. The number of thiazole rings is 1. The zero-order chi connectivity index (χ0) is 25.8. The van der Waals surface area contributed by atoms with Crippen LogP contribution in [0.25, 0.3) is 10.9 Å². The lowest BCUT2D eigenvalue weighted by molar-refractivity contribution is -0.128. The summed E-state index contributed by atoms with van der Waals surface area (Å²) >= 11 is 1.09. The molecule has 0 radical (unpaired) electrons. The van der Waals surface area contributed by atoms with Gasteiger partial charge in [-0.15, -0.1) is 11.3 Å². The standard InChI is InChI=1S/C24H28N6O5S/c1-13(31)30(15-6-9-26-10-7-15)22(33)19-12-36-24(28-19)29-21(32)14-4-5-18-17(11-14)16(3-2-8-25)20(27-18)23(34)35/h4-5,11-12,15,26-27H,2-3,6-10,25H2,1H3,(H,34,35)(H,28,29,32). The topological polar surface area (TPSA) is 171 Å². The van der Waals surface area contributed by atoms with Gasteiger partial charge < -0.3 is 21.1 Å². The summed E-state index contributed by atoms with van der Waals surface area (Å²) in [7, 11) is 0. The Labute approximate surface area is 211 Å². The molecule has 3 heterocycles. The zero-order valence-electron chi connectivity index (χ0n) is 19.8. The number of nitrogens with zero attached hydrogens (tertiary/aromatic N) is 2. The van der Waals surface area contributed by atoms with Crippen molar-refractivity contribution >= 4 is 51.1 Å². The largest absolute Gasteiger partial charge is 0.477 e. The van der Waals surface area contributed by atoms with E-state index in [4.69, 9.17) is 5.73 Å². The lowest BCUT2D eigenvalue weighted by atomic mass is 10.0. The number of hydrogen-bond acceptors (Lipinski definition) is 8. The van der Waals surface area contributed by atoms with E-state index in [0.29, 0.717) is 54.3 Å². The Balaban J connectivity index is 1.53. The Morgan fingerprint density at radius 3 is 2.67 bits per heavy atom. The lowest BCUT2D eigenvalue weighted by Crippen LogP contribution is -2.48. The van der Waals surface area contributed by atoms with Gasteiger partial charge in [-0.2, -0.15) is 0 Å².